The van der Waals surface area contributed by atoms with E-state index in [9.17, 15) is 0 Å². The van der Waals surface area contributed by atoms with Crippen LogP contribution in [0.1, 0.15) is 38.0 Å². The molecule has 1 heterocycles. The van der Waals surface area contributed by atoms with Gasteiger partial charge in [0.15, 0.2) is 0 Å². The largest absolute Gasteiger partial charge is 0.407 e. The van der Waals surface area contributed by atoms with E-state index in [1.807, 2.05) is 11.8 Å². The minimum Gasteiger partial charge on any atom is -0.407 e. The molecule has 2 atom stereocenters. The second-order valence-electron chi connectivity index (χ2n) is 5.11. The summed E-state index contributed by atoms with van der Waals surface area (Å²) >= 11 is 1.92. The van der Waals surface area contributed by atoms with E-state index in [1.165, 1.54) is 32.1 Å². The minimum atomic E-state index is 0.477. The highest BCUT2D eigenvalue weighted by Gasteiger charge is 2.27. The Morgan fingerprint density at radius 1 is 1.28 bits per heavy atom. The molecule has 0 bridgehead atoms. The fourth-order valence-corrected chi connectivity index (χ4v) is 3.37. The Morgan fingerprint density at radius 3 is 2.94 bits per heavy atom. The van der Waals surface area contributed by atoms with Crippen LogP contribution in [0.2, 0.25) is 0 Å². The molecule has 0 amide bonds. The average molecular weight is 268 g/mol. The van der Waals surface area contributed by atoms with Crippen LogP contribution in [-0.2, 0) is 6.54 Å². The van der Waals surface area contributed by atoms with E-state index in [0.717, 1.165) is 0 Å². The second kappa shape index (κ2) is 5.48. The van der Waals surface area contributed by atoms with Crippen molar-refractivity contribution in [2.45, 2.75) is 56.0 Å². The molecule has 18 heavy (non-hydrogen) atoms. The summed E-state index contributed by atoms with van der Waals surface area (Å²) in [5.74, 6) is 0.683. The smallest absolute Gasteiger partial charge is 0.315 e. The fraction of sp³-hybridized carbons (Fsp3) is 0.833. The zero-order valence-corrected chi connectivity index (χ0v) is 11.5. The number of nitrogens with one attached hydrogen (secondary N) is 2. The van der Waals surface area contributed by atoms with Crippen molar-refractivity contribution < 1.29 is 4.42 Å². The van der Waals surface area contributed by atoms with Gasteiger partial charge in [-0.2, -0.15) is 11.8 Å². The molecule has 3 rings (SSSR count). The molecule has 1 aromatic heterocycles. The molecule has 2 aliphatic carbocycles. The fourth-order valence-electron chi connectivity index (χ4n) is 2.43. The van der Waals surface area contributed by atoms with Gasteiger partial charge in [0.1, 0.15) is 0 Å². The van der Waals surface area contributed by atoms with E-state index >= 15 is 0 Å². The van der Waals surface area contributed by atoms with Crippen molar-refractivity contribution in [2.75, 3.05) is 11.6 Å². The minimum absolute atomic E-state index is 0.477. The maximum absolute atomic E-state index is 5.61. The molecule has 2 saturated carbocycles. The highest BCUT2D eigenvalue weighted by Crippen LogP contribution is 2.30. The highest BCUT2D eigenvalue weighted by atomic mass is 32.2. The molecule has 0 spiro atoms. The lowest BCUT2D eigenvalue weighted by atomic mass is 10.2. The summed E-state index contributed by atoms with van der Waals surface area (Å²) in [6, 6.07) is 1.72. The summed E-state index contributed by atoms with van der Waals surface area (Å²) < 4.78 is 5.61. The normalized spacial score (nSPS) is 27.6. The van der Waals surface area contributed by atoms with Crippen LogP contribution >= 0.6 is 11.8 Å². The van der Waals surface area contributed by atoms with E-state index in [-0.39, 0.29) is 0 Å². The number of rotatable bonds is 6. The molecule has 0 radical (unpaired) electrons. The quantitative estimate of drug-likeness (QED) is 0.823. The first-order chi connectivity index (χ1) is 8.85. The predicted molar refractivity (Wildman–Crippen MR) is 72.7 cm³/mol. The molecular formula is C12H20N4OS. The van der Waals surface area contributed by atoms with Gasteiger partial charge in [-0.25, -0.2) is 0 Å². The van der Waals surface area contributed by atoms with Crippen LogP contribution in [0.25, 0.3) is 0 Å². The van der Waals surface area contributed by atoms with E-state index in [4.69, 9.17) is 4.42 Å². The van der Waals surface area contributed by atoms with Gasteiger partial charge in [-0.3, -0.25) is 0 Å². The lowest BCUT2D eigenvalue weighted by molar-refractivity contribution is 0.472. The summed E-state index contributed by atoms with van der Waals surface area (Å²) in [4.78, 5) is 0. The van der Waals surface area contributed by atoms with Crippen LogP contribution in [0.3, 0.4) is 0 Å². The van der Waals surface area contributed by atoms with Crippen molar-refractivity contribution in [3.05, 3.63) is 5.89 Å². The summed E-state index contributed by atoms with van der Waals surface area (Å²) in [6.45, 7) is 0.690. The lowest BCUT2D eigenvalue weighted by Crippen LogP contribution is -2.25. The van der Waals surface area contributed by atoms with Crippen molar-refractivity contribution in [1.82, 2.24) is 15.5 Å². The lowest BCUT2D eigenvalue weighted by Gasteiger charge is -2.17. The Morgan fingerprint density at radius 2 is 2.17 bits per heavy atom. The highest BCUT2D eigenvalue weighted by molar-refractivity contribution is 7.99. The van der Waals surface area contributed by atoms with Crippen molar-refractivity contribution in [3.63, 3.8) is 0 Å². The Kier molecular flexibility index (Phi) is 3.75. The topological polar surface area (TPSA) is 63.0 Å². The van der Waals surface area contributed by atoms with Crippen molar-refractivity contribution in [1.29, 1.82) is 0 Å². The third kappa shape index (κ3) is 2.98. The van der Waals surface area contributed by atoms with Crippen LogP contribution < -0.4 is 10.6 Å². The second-order valence-corrected chi connectivity index (χ2v) is 6.19. The predicted octanol–water partition coefficient (Wildman–Crippen LogP) is 2.02. The van der Waals surface area contributed by atoms with Gasteiger partial charge in [0, 0.05) is 17.3 Å². The molecule has 2 N–H and O–H groups in total. The molecule has 0 saturated heterocycles. The first-order valence-corrected chi connectivity index (χ1v) is 7.99. The summed E-state index contributed by atoms with van der Waals surface area (Å²) in [5, 5.41) is 15.5. The molecule has 2 fully saturated rings. The number of hydrogen-bond donors (Lipinski definition) is 2. The van der Waals surface area contributed by atoms with Gasteiger partial charge in [-0.05, 0) is 31.9 Å². The molecule has 5 nitrogen and oxygen atoms in total. The summed E-state index contributed by atoms with van der Waals surface area (Å²) in [7, 11) is 0. The van der Waals surface area contributed by atoms with Gasteiger partial charge in [-0.15, -0.1) is 5.10 Å². The van der Waals surface area contributed by atoms with Gasteiger partial charge >= 0.3 is 6.01 Å². The molecule has 1 aromatic rings. The van der Waals surface area contributed by atoms with Crippen LogP contribution in [0, 0.1) is 0 Å². The van der Waals surface area contributed by atoms with Crippen LogP contribution in [0.15, 0.2) is 4.42 Å². The van der Waals surface area contributed by atoms with Gasteiger partial charge < -0.3 is 15.1 Å². The molecule has 100 valence electrons. The van der Waals surface area contributed by atoms with Crippen molar-refractivity contribution in [3.8, 4) is 0 Å². The Labute approximate surface area is 111 Å². The first-order valence-electron chi connectivity index (χ1n) is 6.70. The third-order valence-corrected chi connectivity index (χ3v) is 4.82. The van der Waals surface area contributed by atoms with Gasteiger partial charge in [0.2, 0.25) is 5.89 Å². The van der Waals surface area contributed by atoms with Crippen molar-refractivity contribution >= 4 is 17.8 Å². The molecule has 2 aliphatic rings. The zero-order valence-electron chi connectivity index (χ0n) is 10.7. The molecular weight excluding hydrogens is 248 g/mol. The first kappa shape index (κ1) is 12.3. The molecule has 0 aliphatic heterocycles. The maximum Gasteiger partial charge on any atom is 0.315 e. The number of hydrogen-bond acceptors (Lipinski definition) is 6. The maximum atomic E-state index is 5.61. The van der Waals surface area contributed by atoms with Crippen LogP contribution in [-0.4, -0.2) is 33.8 Å². The van der Waals surface area contributed by atoms with Gasteiger partial charge in [0.25, 0.3) is 0 Å². The number of aromatic nitrogens is 2. The molecule has 0 aromatic carbocycles. The van der Waals surface area contributed by atoms with E-state index in [0.29, 0.717) is 35.8 Å². The van der Waals surface area contributed by atoms with Gasteiger partial charge in [-0.1, -0.05) is 11.5 Å². The SMILES string of the molecule is CSC1CCCC1Nc1nnc(CNC2CC2)o1. The number of anilines is 1. The van der Waals surface area contributed by atoms with Crippen LogP contribution in [0.5, 0.6) is 0 Å². The standard InChI is InChI=1S/C12H20N4OS/c1-18-10-4-2-3-9(10)14-12-16-15-11(17-12)7-13-8-5-6-8/h8-10,13H,2-7H2,1H3,(H,14,16). The zero-order chi connectivity index (χ0) is 12.4. The monoisotopic (exact) mass is 268 g/mol. The van der Waals surface area contributed by atoms with E-state index in [2.05, 4.69) is 27.1 Å². The molecule has 6 heteroatoms. The average Bonchev–Trinajstić information content (AvgIpc) is 2.93. The van der Waals surface area contributed by atoms with Crippen molar-refractivity contribution in [2.24, 2.45) is 0 Å². The summed E-state index contributed by atoms with van der Waals surface area (Å²) in [6.07, 6.45) is 8.48. The summed E-state index contributed by atoms with van der Waals surface area (Å²) in [5.41, 5.74) is 0. The Bertz CT molecular complexity index is 393. The Balaban J connectivity index is 1.52. The third-order valence-electron chi connectivity index (χ3n) is 3.65. The van der Waals surface area contributed by atoms with Crippen LogP contribution in [0.4, 0.5) is 6.01 Å². The van der Waals surface area contributed by atoms with E-state index in [1.54, 1.807) is 0 Å². The molecule has 2 unspecified atom stereocenters. The van der Waals surface area contributed by atoms with Gasteiger partial charge in [0.05, 0.1) is 6.54 Å². The number of nitrogens with zero attached hydrogens (tertiary/aromatic N) is 2. The van der Waals surface area contributed by atoms with E-state index < -0.39 is 0 Å². The number of thioether (sulfide) groups is 1. The Hall–Kier alpha value is -0.750.